The van der Waals surface area contributed by atoms with Crippen molar-refractivity contribution in [2.45, 2.75) is 26.1 Å². The highest BCUT2D eigenvalue weighted by Gasteiger charge is 2.35. The van der Waals surface area contributed by atoms with Gasteiger partial charge in [-0.25, -0.2) is 31.3 Å². The van der Waals surface area contributed by atoms with Crippen molar-refractivity contribution in [2.75, 3.05) is 11.9 Å². The van der Waals surface area contributed by atoms with Crippen LogP contribution in [0, 0.1) is 29.1 Å². The van der Waals surface area contributed by atoms with E-state index in [9.17, 15) is 31.7 Å². The molecule has 0 saturated heterocycles. The third-order valence-corrected chi connectivity index (χ3v) is 6.80. The van der Waals surface area contributed by atoms with E-state index in [4.69, 9.17) is 9.79 Å². The van der Waals surface area contributed by atoms with Gasteiger partial charge in [0.1, 0.15) is 23.3 Å². The quantitative estimate of drug-likeness (QED) is 0.268. The van der Waals surface area contributed by atoms with Crippen molar-refractivity contribution in [1.82, 2.24) is 10.2 Å². The Balaban J connectivity index is 1.68. The summed E-state index contributed by atoms with van der Waals surface area (Å²) in [4.78, 5) is 46.2. The molecule has 0 fully saturated rings. The van der Waals surface area contributed by atoms with Crippen LogP contribution >= 0.6 is 7.82 Å². The minimum atomic E-state index is -5.19. The van der Waals surface area contributed by atoms with Crippen LogP contribution in [-0.4, -0.2) is 33.7 Å². The molecule has 0 spiro atoms. The molecule has 4 rings (SSSR count). The van der Waals surface area contributed by atoms with E-state index in [1.807, 2.05) is 0 Å². The Hall–Kier alpha value is -4.00. The summed E-state index contributed by atoms with van der Waals surface area (Å²) in [5.41, 5.74) is -0.829. The Morgan fingerprint density at radius 2 is 1.65 bits per heavy atom. The maximum absolute atomic E-state index is 15.0. The monoisotopic (exact) mass is 585 g/mol. The second-order valence-electron chi connectivity index (χ2n) is 8.88. The van der Waals surface area contributed by atoms with E-state index in [1.54, 1.807) is 6.92 Å². The van der Waals surface area contributed by atoms with Crippen molar-refractivity contribution in [3.8, 4) is 5.75 Å². The van der Waals surface area contributed by atoms with Crippen molar-refractivity contribution in [1.29, 1.82) is 0 Å². The first-order chi connectivity index (χ1) is 18.7. The molecule has 0 bridgehead atoms. The summed E-state index contributed by atoms with van der Waals surface area (Å²) in [5.74, 6) is -7.88. The second-order valence-corrected chi connectivity index (χ2v) is 10.0. The van der Waals surface area contributed by atoms with E-state index >= 15 is 4.39 Å². The molecular formula is C25H21F5N3O6P. The maximum Gasteiger partial charge on any atom is 0.524 e. The molecule has 9 nitrogen and oxygen atoms in total. The Morgan fingerprint density at radius 1 is 1.00 bits per heavy atom. The van der Waals surface area contributed by atoms with Gasteiger partial charge in [0.25, 0.3) is 5.91 Å². The number of hydrogen-bond donors (Lipinski definition) is 3. The third kappa shape index (κ3) is 5.79. The predicted octanol–water partition coefficient (Wildman–Crippen LogP) is 4.92. The highest BCUT2D eigenvalue weighted by molar-refractivity contribution is 7.46. The highest BCUT2D eigenvalue weighted by Crippen LogP contribution is 2.41. The van der Waals surface area contributed by atoms with Gasteiger partial charge in [-0.1, -0.05) is 6.07 Å². The zero-order valence-corrected chi connectivity index (χ0v) is 21.7. The summed E-state index contributed by atoms with van der Waals surface area (Å²) >= 11 is 0. The van der Waals surface area contributed by atoms with Crippen LogP contribution in [0.5, 0.6) is 5.75 Å². The Morgan fingerprint density at radius 3 is 2.27 bits per heavy atom. The van der Waals surface area contributed by atoms with E-state index in [1.165, 1.54) is 30.1 Å². The van der Waals surface area contributed by atoms with Gasteiger partial charge in [-0.15, -0.1) is 0 Å². The Labute approximate surface area is 224 Å². The molecular weight excluding hydrogens is 564 g/mol. The first-order valence-electron chi connectivity index (χ1n) is 11.5. The Kier molecular flexibility index (Phi) is 7.88. The molecule has 1 aliphatic heterocycles. The van der Waals surface area contributed by atoms with Gasteiger partial charge >= 0.3 is 13.9 Å². The molecule has 3 aromatic rings. The largest absolute Gasteiger partial charge is 0.524 e. The number of anilines is 1. The SMILES string of the molecule is C[C@H]1c2ccc(C(=O)NCc3c(F)cc(F)cc3F)cc2N(Cc2c(F)ccc(OP(=O)(O)O)c2F)C(=O)N1C. The molecule has 0 aliphatic carbocycles. The molecule has 1 aliphatic rings. The number of phosphoric ester groups is 1. The van der Waals surface area contributed by atoms with Gasteiger partial charge in [-0.2, -0.15) is 0 Å². The standard InChI is InChI=1S/C25H21F5N3O6P/c1-12-15-4-3-13(24(34)31-10-16-19(28)8-14(26)9-20(16)29)7-21(15)33(25(35)32(12)2)11-17-18(27)5-6-22(23(17)30)39-40(36,37)38/h3-9,12H,10-11H2,1-2H3,(H,31,34)(H2,36,37,38)/t12-/m0/s1. The predicted molar refractivity (Wildman–Crippen MR) is 131 cm³/mol. The van der Waals surface area contributed by atoms with E-state index in [-0.39, 0.29) is 11.3 Å². The van der Waals surface area contributed by atoms with Gasteiger partial charge in [-0.05, 0) is 36.8 Å². The molecule has 0 unspecified atom stereocenters. The van der Waals surface area contributed by atoms with Crippen molar-refractivity contribution in [3.63, 3.8) is 0 Å². The van der Waals surface area contributed by atoms with Gasteiger partial charge in [-0.3, -0.25) is 19.5 Å². The number of nitrogens with zero attached hydrogens (tertiary/aromatic N) is 2. The number of amides is 3. The Bertz CT molecular complexity index is 1540. The summed E-state index contributed by atoms with van der Waals surface area (Å²) in [6.07, 6.45) is 0. The fourth-order valence-electron chi connectivity index (χ4n) is 4.18. The average molecular weight is 585 g/mol. The van der Waals surface area contributed by atoms with Gasteiger partial charge in [0, 0.05) is 42.4 Å². The van der Waals surface area contributed by atoms with Crippen molar-refractivity contribution in [2.24, 2.45) is 0 Å². The molecule has 0 aromatic heterocycles. The number of carbonyl (C=O) groups excluding carboxylic acids is 2. The number of urea groups is 1. The normalized spacial score (nSPS) is 15.2. The molecule has 212 valence electrons. The molecule has 3 aromatic carbocycles. The number of rotatable bonds is 7. The number of phosphoric acid groups is 1. The fourth-order valence-corrected chi connectivity index (χ4v) is 4.58. The second kappa shape index (κ2) is 10.9. The molecule has 40 heavy (non-hydrogen) atoms. The maximum atomic E-state index is 15.0. The van der Waals surface area contributed by atoms with E-state index in [2.05, 4.69) is 9.84 Å². The first kappa shape index (κ1) is 29.0. The van der Waals surface area contributed by atoms with Crippen molar-refractivity contribution >= 4 is 25.4 Å². The lowest BCUT2D eigenvalue weighted by Gasteiger charge is -2.39. The van der Waals surface area contributed by atoms with E-state index < -0.39 is 84.9 Å². The van der Waals surface area contributed by atoms with E-state index in [0.29, 0.717) is 29.8 Å². The summed E-state index contributed by atoms with van der Waals surface area (Å²) in [5, 5.41) is 2.30. The van der Waals surface area contributed by atoms with Crippen LogP contribution < -0.4 is 14.7 Å². The van der Waals surface area contributed by atoms with Crippen LogP contribution in [-0.2, 0) is 17.7 Å². The third-order valence-electron chi connectivity index (χ3n) is 6.36. The van der Waals surface area contributed by atoms with Crippen LogP contribution in [0.3, 0.4) is 0 Å². The van der Waals surface area contributed by atoms with Crippen LogP contribution in [0.2, 0.25) is 0 Å². The minimum Gasteiger partial charge on any atom is -0.401 e. The van der Waals surface area contributed by atoms with Crippen molar-refractivity contribution in [3.05, 3.63) is 93.8 Å². The van der Waals surface area contributed by atoms with Crippen LogP contribution in [0.4, 0.5) is 32.4 Å². The average Bonchev–Trinajstić information content (AvgIpc) is 2.87. The summed E-state index contributed by atoms with van der Waals surface area (Å²) in [7, 11) is -3.75. The van der Waals surface area contributed by atoms with Gasteiger partial charge < -0.3 is 14.7 Å². The topological polar surface area (TPSA) is 119 Å². The minimum absolute atomic E-state index is 0.0734. The number of benzene rings is 3. The summed E-state index contributed by atoms with van der Waals surface area (Å²) < 4.78 is 86.3. The lowest BCUT2D eigenvalue weighted by molar-refractivity contribution is 0.0950. The van der Waals surface area contributed by atoms with Gasteiger partial charge in [0.15, 0.2) is 11.6 Å². The number of hydrogen-bond acceptors (Lipinski definition) is 4. The molecule has 0 saturated carbocycles. The van der Waals surface area contributed by atoms with Gasteiger partial charge in [0.2, 0.25) is 0 Å². The van der Waals surface area contributed by atoms with Crippen LogP contribution in [0.25, 0.3) is 0 Å². The van der Waals surface area contributed by atoms with Crippen molar-refractivity contribution < 1.29 is 50.4 Å². The number of carbonyl (C=O) groups is 2. The fraction of sp³-hybridized carbons (Fsp3) is 0.200. The van der Waals surface area contributed by atoms with E-state index in [0.717, 1.165) is 4.90 Å². The molecule has 1 heterocycles. The molecule has 15 heteroatoms. The summed E-state index contributed by atoms with van der Waals surface area (Å²) in [6, 6.07) is 5.18. The highest BCUT2D eigenvalue weighted by atomic mass is 31.2. The first-order valence-corrected chi connectivity index (χ1v) is 13.0. The number of nitrogens with one attached hydrogen (secondary N) is 1. The summed E-state index contributed by atoms with van der Waals surface area (Å²) in [6.45, 7) is 0.290. The number of halogens is 5. The molecule has 3 amide bonds. The smallest absolute Gasteiger partial charge is 0.401 e. The van der Waals surface area contributed by atoms with Gasteiger partial charge in [0.05, 0.1) is 18.3 Å². The number of fused-ring (bicyclic) bond motifs is 1. The zero-order valence-electron chi connectivity index (χ0n) is 20.8. The lowest BCUT2D eigenvalue weighted by Crippen LogP contribution is -2.47. The van der Waals surface area contributed by atoms with Crippen LogP contribution in [0.1, 0.15) is 40.0 Å². The molecule has 0 radical (unpaired) electrons. The van der Waals surface area contributed by atoms with Crippen LogP contribution in [0.15, 0.2) is 42.5 Å². The molecule has 1 atom stereocenters. The zero-order chi connectivity index (χ0) is 29.5. The lowest BCUT2D eigenvalue weighted by atomic mass is 9.98. The molecule has 3 N–H and O–H groups in total.